The van der Waals surface area contributed by atoms with Gasteiger partial charge in [-0.3, -0.25) is 0 Å². The topological polar surface area (TPSA) is 53.9 Å². The van der Waals surface area contributed by atoms with Crippen molar-refractivity contribution < 1.29 is 0 Å². The summed E-state index contributed by atoms with van der Waals surface area (Å²) in [5.41, 5.74) is 1.34. The third kappa shape index (κ3) is 3.50. The molecule has 6 heteroatoms. The van der Waals surface area contributed by atoms with Crippen LogP contribution in [0.25, 0.3) is 0 Å². The van der Waals surface area contributed by atoms with Gasteiger partial charge in [0, 0.05) is 38.1 Å². The van der Waals surface area contributed by atoms with E-state index in [9.17, 15) is 0 Å². The van der Waals surface area contributed by atoms with E-state index in [0.29, 0.717) is 5.95 Å². The molecular weight excluding hydrogens is 282 g/mol. The van der Waals surface area contributed by atoms with Crippen LogP contribution in [-0.4, -0.2) is 35.6 Å². The second-order valence-corrected chi connectivity index (χ2v) is 6.66. The Bertz CT molecular complexity index is 584. The van der Waals surface area contributed by atoms with E-state index in [-0.39, 0.29) is 0 Å². The summed E-state index contributed by atoms with van der Waals surface area (Å²) in [7, 11) is 3.96. The van der Waals surface area contributed by atoms with Crippen LogP contribution >= 0.6 is 11.3 Å². The number of hydrogen-bond donors (Lipinski definition) is 1. The number of thiazole rings is 1. The minimum Gasteiger partial charge on any atom is -0.363 e. The van der Waals surface area contributed by atoms with Crippen molar-refractivity contribution in [2.75, 3.05) is 30.9 Å². The molecule has 1 aliphatic carbocycles. The van der Waals surface area contributed by atoms with Gasteiger partial charge in [-0.15, -0.1) is 11.3 Å². The molecule has 2 aromatic heterocycles. The monoisotopic (exact) mass is 303 g/mol. The molecular formula is C15H21N5S. The third-order valence-corrected chi connectivity index (χ3v) is 4.83. The molecule has 0 saturated heterocycles. The largest absolute Gasteiger partial charge is 0.363 e. The van der Waals surface area contributed by atoms with Crippen molar-refractivity contribution in [2.45, 2.75) is 32.1 Å². The van der Waals surface area contributed by atoms with E-state index >= 15 is 0 Å². The molecule has 0 bridgehead atoms. The molecule has 0 spiro atoms. The summed E-state index contributed by atoms with van der Waals surface area (Å²) >= 11 is 1.88. The van der Waals surface area contributed by atoms with Gasteiger partial charge >= 0.3 is 0 Å². The number of aromatic nitrogens is 3. The lowest BCUT2D eigenvalue weighted by Crippen LogP contribution is -2.13. The van der Waals surface area contributed by atoms with E-state index < -0.39 is 0 Å². The molecule has 0 atom stereocenters. The maximum atomic E-state index is 4.76. The zero-order valence-corrected chi connectivity index (χ0v) is 13.4. The zero-order chi connectivity index (χ0) is 14.7. The van der Waals surface area contributed by atoms with E-state index in [1.165, 1.54) is 34.8 Å². The van der Waals surface area contributed by atoms with Crippen molar-refractivity contribution in [3.8, 4) is 0 Å². The maximum Gasteiger partial charge on any atom is 0.224 e. The van der Waals surface area contributed by atoms with Crippen LogP contribution in [0.3, 0.4) is 0 Å². The first-order chi connectivity index (χ1) is 10.2. The first kappa shape index (κ1) is 14.3. The van der Waals surface area contributed by atoms with Crippen molar-refractivity contribution in [3.05, 3.63) is 27.8 Å². The van der Waals surface area contributed by atoms with Crippen LogP contribution in [-0.2, 0) is 19.3 Å². The third-order valence-electron chi connectivity index (χ3n) is 3.61. The second kappa shape index (κ2) is 6.39. The lowest BCUT2D eigenvalue weighted by Gasteiger charge is -2.11. The lowest BCUT2D eigenvalue weighted by atomic mass is 10.0. The van der Waals surface area contributed by atoms with Gasteiger partial charge in [-0.2, -0.15) is 4.98 Å². The molecule has 0 aliphatic heterocycles. The van der Waals surface area contributed by atoms with Crippen LogP contribution in [0.1, 0.15) is 28.4 Å². The van der Waals surface area contributed by atoms with E-state index in [4.69, 9.17) is 4.98 Å². The summed E-state index contributed by atoms with van der Waals surface area (Å²) in [6, 6.07) is 1.90. The number of rotatable bonds is 5. The van der Waals surface area contributed by atoms with Gasteiger partial charge < -0.3 is 10.2 Å². The first-order valence-corrected chi connectivity index (χ1v) is 8.26. The first-order valence-electron chi connectivity index (χ1n) is 7.44. The second-order valence-electron chi connectivity index (χ2n) is 5.49. The molecule has 2 aromatic rings. The highest BCUT2D eigenvalue weighted by Gasteiger charge is 2.14. The van der Waals surface area contributed by atoms with Crippen molar-refractivity contribution >= 4 is 23.1 Å². The fourth-order valence-electron chi connectivity index (χ4n) is 2.48. The van der Waals surface area contributed by atoms with Crippen molar-refractivity contribution in [3.63, 3.8) is 0 Å². The van der Waals surface area contributed by atoms with Crippen LogP contribution < -0.4 is 10.2 Å². The predicted octanol–water partition coefficient (Wildman–Crippen LogP) is 2.53. The quantitative estimate of drug-likeness (QED) is 0.920. The molecule has 5 nitrogen and oxygen atoms in total. The van der Waals surface area contributed by atoms with Gasteiger partial charge in [0.15, 0.2) is 0 Å². The number of nitrogens with zero attached hydrogens (tertiary/aromatic N) is 4. The highest BCUT2D eigenvalue weighted by molar-refractivity contribution is 7.11. The van der Waals surface area contributed by atoms with Gasteiger partial charge in [0.25, 0.3) is 0 Å². The van der Waals surface area contributed by atoms with Gasteiger partial charge in [0.05, 0.1) is 10.7 Å². The Balaban J connectivity index is 1.56. The van der Waals surface area contributed by atoms with Crippen LogP contribution in [0.4, 0.5) is 11.8 Å². The Morgan fingerprint density at radius 1 is 1.24 bits per heavy atom. The summed E-state index contributed by atoms with van der Waals surface area (Å²) in [5.74, 6) is 1.60. The van der Waals surface area contributed by atoms with E-state index in [2.05, 4.69) is 15.3 Å². The van der Waals surface area contributed by atoms with Gasteiger partial charge in [-0.25, -0.2) is 9.97 Å². The smallest absolute Gasteiger partial charge is 0.224 e. The molecule has 0 radical (unpaired) electrons. The molecule has 2 heterocycles. The van der Waals surface area contributed by atoms with Gasteiger partial charge in [0.1, 0.15) is 5.82 Å². The standard InChI is InChI=1S/C15H21N5S/c1-20(2)13-7-9-16-15(19-13)17-10-8-14-18-11-5-3-4-6-12(11)21-14/h7,9H,3-6,8,10H2,1-2H3,(H,16,17,19). The number of aryl methyl sites for hydroxylation is 2. The average Bonchev–Trinajstić information content (AvgIpc) is 2.90. The predicted molar refractivity (Wildman–Crippen MR) is 87.3 cm³/mol. The van der Waals surface area contributed by atoms with E-state index in [1.54, 1.807) is 6.20 Å². The Hall–Kier alpha value is -1.69. The van der Waals surface area contributed by atoms with Crippen LogP contribution in [0, 0.1) is 0 Å². The molecule has 1 N–H and O–H groups in total. The Morgan fingerprint density at radius 3 is 2.90 bits per heavy atom. The molecule has 1 aliphatic rings. The molecule has 0 saturated carbocycles. The summed E-state index contributed by atoms with van der Waals surface area (Å²) in [5, 5.41) is 4.52. The molecule has 112 valence electrons. The highest BCUT2D eigenvalue weighted by atomic mass is 32.1. The summed E-state index contributed by atoms with van der Waals surface area (Å²) < 4.78 is 0. The average molecular weight is 303 g/mol. The van der Waals surface area contributed by atoms with Crippen LogP contribution in [0.15, 0.2) is 12.3 Å². The fraction of sp³-hybridized carbons (Fsp3) is 0.533. The van der Waals surface area contributed by atoms with Gasteiger partial charge in [0.2, 0.25) is 5.95 Å². The number of hydrogen-bond acceptors (Lipinski definition) is 6. The normalized spacial score (nSPS) is 13.8. The molecule has 0 unspecified atom stereocenters. The summed E-state index contributed by atoms with van der Waals surface area (Å²) in [4.78, 5) is 16.9. The molecule has 0 amide bonds. The molecule has 3 rings (SSSR count). The number of fused-ring (bicyclic) bond motifs is 1. The maximum absolute atomic E-state index is 4.76. The van der Waals surface area contributed by atoms with Gasteiger partial charge in [-0.05, 0) is 31.7 Å². The zero-order valence-electron chi connectivity index (χ0n) is 12.6. The SMILES string of the molecule is CN(C)c1ccnc(NCCc2nc3c(s2)CCCC3)n1. The Morgan fingerprint density at radius 2 is 2.10 bits per heavy atom. The van der Waals surface area contributed by atoms with Crippen LogP contribution in [0.2, 0.25) is 0 Å². The van der Waals surface area contributed by atoms with Crippen molar-refractivity contribution in [2.24, 2.45) is 0 Å². The minimum absolute atomic E-state index is 0.683. The number of nitrogens with one attached hydrogen (secondary N) is 1. The molecule has 0 aromatic carbocycles. The van der Waals surface area contributed by atoms with Gasteiger partial charge in [-0.1, -0.05) is 0 Å². The summed E-state index contributed by atoms with van der Waals surface area (Å²) in [6.45, 7) is 0.823. The Labute approximate surface area is 129 Å². The van der Waals surface area contributed by atoms with Crippen molar-refractivity contribution in [1.82, 2.24) is 15.0 Å². The van der Waals surface area contributed by atoms with E-state index in [1.807, 2.05) is 36.4 Å². The highest BCUT2D eigenvalue weighted by Crippen LogP contribution is 2.26. The van der Waals surface area contributed by atoms with Crippen molar-refractivity contribution in [1.29, 1.82) is 0 Å². The summed E-state index contributed by atoms with van der Waals surface area (Å²) in [6.07, 6.45) is 7.71. The molecule has 21 heavy (non-hydrogen) atoms. The fourth-order valence-corrected chi connectivity index (χ4v) is 3.63. The number of anilines is 2. The van der Waals surface area contributed by atoms with Crippen LogP contribution in [0.5, 0.6) is 0 Å². The molecule has 0 fully saturated rings. The Kier molecular flexibility index (Phi) is 4.34. The minimum atomic E-state index is 0.683. The van der Waals surface area contributed by atoms with E-state index in [0.717, 1.165) is 25.2 Å². The lowest BCUT2D eigenvalue weighted by molar-refractivity contribution is 0.680.